The number of hydrogen-bond acceptors (Lipinski definition) is 4. The van der Waals surface area contributed by atoms with Crippen molar-refractivity contribution in [2.75, 3.05) is 19.7 Å². The van der Waals surface area contributed by atoms with Gasteiger partial charge in [0, 0.05) is 20.0 Å². The number of likely N-dealkylation sites (tertiary alicyclic amines) is 1. The van der Waals surface area contributed by atoms with Crippen LogP contribution in [-0.2, 0) is 15.1 Å². The highest BCUT2D eigenvalue weighted by molar-refractivity contribution is 5.66. The number of benzene rings is 3. The molecule has 3 aromatic carbocycles. The third-order valence-electron chi connectivity index (χ3n) is 6.16. The minimum atomic E-state index is -0.540. The molecule has 4 rings (SSSR count). The summed E-state index contributed by atoms with van der Waals surface area (Å²) < 4.78 is 5.12. The van der Waals surface area contributed by atoms with Crippen molar-refractivity contribution in [1.29, 1.82) is 0 Å². The predicted molar refractivity (Wildman–Crippen MR) is 126 cm³/mol. The van der Waals surface area contributed by atoms with Crippen molar-refractivity contribution in [3.05, 3.63) is 119 Å². The van der Waals surface area contributed by atoms with E-state index >= 15 is 0 Å². The van der Waals surface area contributed by atoms with E-state index in [0.29, 0.717) is 13.0 Å². The number of esters is 1. The van der Waals surface area contributed by atoms with Crippen molar-refractivity contribution in [2.45, 2.75) is 25.0 Å². The molecule has 0 saturated carbocycles. The molecule has 164 valence electrons. The summed E-state index contributed by atoms with van der Waals surface area (Å²) in [6.45, 7) is 2.86. The average Bonchev–Trinajstić information content (AvgIpc) is 2.83. The van der Waals surface area contributed by atoms with Gasteiger partial charge in [0.1, 0.15) is 6.61 Å². The van der Waals surface area contributed by atoms with E-state index in [4.69, 9.17) is 4.74 Å². The number of carbonyl (C=O) groups excluding carboxylic acids is 1. The van der Waals surface area contributed by atoms with Crippen molar-refractivity contribution in [3.8, 4) is 0 Å². The standard InChI is InChI=1S/C28H29NO3/c1-22(30)32-20-18-23-21-29(19-17-27(23)31)28(24-11-5-2-6-12-24,25-13-7-3-8-14-25)26-15-9-4-10-16-26/h2-16,18,27,31H,17,19-21H2,1H3/b23-18-. The van der Waals surface area contributed by atoms with Gasteiger partial charge in [-0.2, -0.15) is 0 Å². The highest BCUT2D eigenvalue weighted by Gasteiger charge is 2.44. The van der Waals surface area contributed by atoms with Gasteiger partial charge in [-0.3, -0.25) is 9.69 Å². The molecule has 32 heavy (non-hydrogen) atoms. The first-order chi connectivity index (χ1) is 15.6. The maximum atomic E-state index is 11.2. The van der Waals surface area contributed by atoms with Crippen molar-refractivity contribution in [2.24, 2.45) is 0 Å². The minimum Gasteiger partial charge on any atom is -0.462 e. The van der Waals surface area contributed by atoms with Gasteiger partial charge in [0.25, 0.3) is 0 Å². The third-order valence-corrected chi connectivity index (χ3v) is 6.16. The Bertz CT molecular complexity index is 951. The predicted octanol–water partition coefficient (Wildman–Crippen LogP) is 4.53. The molecule has 0 amide bonds. The fourth-order valence-corrected chi connectivity index (χ4v) is 4.71. The molecule has 0 aromatic heterocycles. The smallest absolute Gasteiger partial charge is 0.302 e. The summed E-state index contributed by atoms with van der Waals surface area (Å²) in [5.41, 5.74) is 3.88. The molecular weight excluding hydrogens is 398 g/mol. The maximum Gasteiger partial charge on any atom is 0.302 e. The molecule has 0 bridgehead atoms. The Morgan fingerprint density at radius 1 is 0.938 bits per heavy atom. The molecule has 4 heteroatoms. The molecule has 1 aliphatic heterocycles. The zero-order valence-corrected chi connectivity index (χ0v) is 18.4. The van der Waals surface area contributed by atoms with Gasteiger partial charge < -0.3 is 9.84 Å². The van der Waals surface area contributed by atoms with Gasteiger partial charge in [-0.1, -0.05) is 91.0 Å². The van der Waals surface area contributed by atoms with Crippen LogP contribution in [0, 0.1) is 0 Å². The first-order valence-corrected chi connectivity index (χ1v) is 11.0. The molecule has 0 aliphatic carbocycles. The Morgan fingerprint density at radius 3 is 1.84 bits per heavy atom. The lowest BCUT2D eigenvalue weighted by atomic mass is 9.74. The zero-order chi connectivity index (χ0) is 22.4. The van der Waals surface area contributed by atoms with Crippen LogP contribution in [0.4, 0.5) is 0 Å². The quantitative estimate of drug-likeness (QED) is 0.357. The van der Waals surface area contributed by atoms with Gasteiger partial charge in [-0.25, -0.2) is 0 Å². The van der Waals surface area contributed by atoms with E-state index in [9.17, 15) is 9.90 Å². The highest BCUT2D eigenvalue weighted by atomic mass is 16.5. The van der Waals surface area contributed by atoms with Crippen LogP contribution in [0.1, 0.15) is 30.0 Å². The van der Waals surface area contributed by atoms with E-state index in [-0.39, 0.29) is 12.6 Å². The number of piperidine rings is 1. The number of aliphatic hydroxyl groups is 1. The van der Waals surface area contributed by atoms with Crippen LogP contribution >= 0.6 is 0 Å². The van der Waals surface area contributed by atoms with E-state index in [0.717, 1.165) is 12.1 Å². The molecule has 0 spiro atoms. The lowest BCUT2D eigenvalue weighted by Gasteiger charge is -2.48. The third kappa shape index (κ3) is 4.38. The van der Waals surface area contributed by atoms with E-state index in [1.165, 1.54) is 23.6 Å². The van der Waals surface area contributed by atoms with Crippen LogP contribution in [0.5, 0.6) is 0 Å². The number of ether oxygens (including phenoxy) is 1. The van der Waals surface area contributed by atoms with E-state index in [1.54, 1.807) is 0 Å². The monoisotopic (exact) mass is 427 g/mol. The Morgan fingerprint density at radius 2 is 1.41 bits per heavy atom. The molecule has 1 saturated heterocycles. The first-order valence-electron chi connectivity index (χ1n) is 11.0. The first kappa shape index (κ1) is 22.0. The Labute approximate surface area is 189 Å². The number of nitrogens with zero attached hydrogens (tertiary/aromatic N) is 1. The summed E-state index contributed by atoms with van der Waals surface area (Å²) in [5, 5.41) is 10.7. The summed E-state index contributed by atoms with van der Waals surface area (Å²) in [6.07, 6.45) is 1.92. The summed E-state index contributed by atoms with van der Waals surface area (Å²) in [7, 11) is 0. The molecule has 1 N–H and O–H groups in total. The zero-order valence-electron chi connectivity index (χ0n) is 18.4. The van der Waals surface area contributed by atoms with Crippen molar-refractivity contribution >= 4 is 5.97 Å². The van der Waals surface area contributed by atoms with Crippen molar-refractivity contribution < 1.29 is 14.6 Å². The van der Waals surface area contributed by atoms with Crippen LogP contribution in [0.15, 0.2) is 103 Å². The lowest BCUT2D eigenvalue weighted by molar-refractivity contribution is -0.139. The molecule has 3 aromatic rings. The van der Waals surface area contributed by atoms with E-state index in [1.807, 2.05) is 24.3 Å². The Balaban J connectivity index is 1.87. The summed E-state index contributed by atoms with van der Waals surface area (Å²) in [5.74, 6) is -0.323. The van der Waals surface area contributed by atoms with Crippen molar-refractivity contribution in [1.82, 2.24) is 4.90 Å². The second-order valence-electron chi connectivity index (χ2n) is 8.12. The molecule has 1 unspecified atom stereocenters. The molecule has 1 heterocycles. The van der Waals surface area contributed by atoms with Gasteiger partial charge >= 0.3 is 5.97 Å². The summed E-state index contributed by atoms with van der Waals surface area (Å²) in [4.78, 5) is 13.7. The molecule has 1 atom stereocenters. The number of carbonyl (C=O) groups is 1. The fraction of sp³-hybridized carbons (Fsp3) is 0.250. The summed E-state index contributed by atoms with van der Waals surface area (Å²) >= 11 is 0. The molecule has 1 fully saturated rings. The normalized spacial score (nSPS) is 18.4. The molecule has 1 aliphatic rings. The van der Waals surface area contributed by atoms with E-state index < -0.39 is 11.6 Å². The molecule has 0 radical (unpaired) electrons. The molecular formula is C28H29NO3. The fourth-order valence-electron chi connectivity index (χ4n) is 4.71. The van der Waals surface area contributed by atoms with Gasteiger partial charge in [-0.15, -0.1) is 0 Å². The highest BCUT2D eigenvalue weighted by Crippen LogP contribution is 2.44. The second kappa shape index (κ2) is 9.94. The lowest BCUT2D eigenvalue weighted by Crippen LogP contribution is -2.53. The van der Waals surface area contributed by atoms with Crippen LogP contribution in [0.3, 0.4) is 0 Å². The topological polar surface area (TPSA) is 49.8 Å². The van der Waals surface area contributed by atoms with Crippen molar-refractivity contribution in [3.63, 3.8) is 0 Å². The number of hydrogen-bond donors (Lipinski definition) is 1. The van der Waals surface area contributed by atoms with Crippen LogP contribution < -0.4 is 0 Å². The Kier molecular flexibility index (Phi) is 6.84. The van der Waals surface area contributed by atoms with Gasteiger partial charge in [0.2, 0.25) is 0 Å². The van der Waals surface area contributed by atoms with Crippen LogP contribution in [-0.4, -0.2) is 41.8 Å². The maximum absolute atomic E-state index is 11.2. The average molecular weight is 428 g/mol. The SMILES string of the molecule is CC(=O)OC/C=C1/CN(C(c2ccccc2)(c2ccccc2)c2ccccc2)CCC1O. The number of rotatable bonds is 6. The van der Waals surface area contributed by atoms with Crippen LogP contribution in [0.2, 0.25) is 0 Å². The Hall–Kier alpha value is -3.21. The van der Waals surface area contributed by atoms with E-state index in [2.05, 4.69) is 77.7 Å². The number of aliphatic hydroxyl groups excluding tert-OH is 1. The summed E-state index contributed by atoms with van der Waals surface area (Å²) in [6, 6.07) is 31.6. The van der Waals surface area contributed by atoms with Gasteiger partial charge in [-0.05, 0) is 34.8 Å². The van der Waals surface area contributed by atoms with Gasteiger partial charge in [0.15, 0.2) is 0 Å². The largest absolute Gasteiger partial charge is 0.462 e. The minimum absolute atomic E-state index is 0.171. The molecule has 4 nitrogen and oxygen atoms in total. The van der Waals surface area contributed by atoms with Crippen LogP contribution in [0.25, 0.3) is 0 Å². The second-order valence-corrected chi connectivity index (χ2v) is 8.12. The van der Waals surface area contributed by atoms with Gasteiger partial charge in [0.05, 0.1) is 11.6 Å².